The maximum absolute atomic E-state index is 10.6. The Balaban J connectivity index is 2.39. The Labute approximate surface area is 76.8 Å². The van der Waals surface area contributed by atoms with Crippen LogP contribution in [0.1, 0.15) is 6.92 Å². The molecule has 0 bridgehead atoms. The van der Waals surface area contributed by atoms with Gasteiger partial charge in [0.1, 0.15) is 12.1 Å². The van der Waals surface area contributed by atoms with Crippen molar-refractivity contribution in [3.63, 3.8) is 0 Å². The van der Waals surface area contributed by atoms with Crippen LogP contribution >= 0.6 is 0 Å². The van der Waals surface area contributed by atoms with E-state index in [9.17, 15) is 4.79 Å². The van der Waals surface area contributed by atoms with Crippen LogP contribution in [0.25, 0.3) is 0 Å². The predicted octanol–water partition coefficient (Wildman–Crippen LogP) is 1.26. The van der Waals surface area contributed by atoms with Crippen LogP contribution in [0.3, 0.4) is 0 Å². The maximum Gasteiger partial charge on any atom is 0.149 e. The highest BCUT2D eigenvalue weighted by Gasteiger charge is 2.16. The summed E-state index contributed by atoms with van der Waals surface area (Å²) in [5.74, 6) is 0.908. The molecule has 0 radical (unpaired) electrons. The number of hydrogen-bond acceptors (Lipinski definition) is 3. The quantitative estimate of drug-likeness (QED) is 0.560. The van der Waals surface area contributed by atoms with Gasteiger partial charge in [0.25, 0.3) is 0 Å². The minimum atomic E-state index is 0.634. The van der Waals surface area contributed by atoms with Gasteiger partial charge in [-0.2, -0.15) is 0 Å². The first-order valence-corrected chi connectivity index (χ1v) is 4.16. The van der Waals surface area contributed by atoms with Crippen LogP contribution in [0.2, 0.25) is 0 Å². The summed E-state index contributed by atoms with van der Waals surface area (Å²) in [4.78, 5) is 16.9. The molecule has 2 aliphatic heterocycles. The molecule has 0 saturated heterocycles. The van der Waals surface area contributed by atoms with Gasteiger partial charge in [0.15, 0.2) is 0 Å². The summed E-state index contributed by atoms with van der Waals surface area (Å²) in [5, 5.41) is 0. The first-order valence-electron chi connectivity index (χ1n) is 4.16. The highest BCUT2D eigenvalue weighted by molar-refractivity contribution is 5.98. The van der Waals surface area contributed by atoms with E-state index in [1.165, 1.54) is 0 Å². The van der Waals surface area contributed by atoms with Gasteiger partial charge in [-0.05, 0) is 19.1 Å². The maximum atomic E-state index is 10.6. The third-order valence-electron chi connectivity index (χ3n) is 2.15. The highest BCUT2D eigenvalue weighted by atomic mass is 16.1. The number of carbonyl (C=O) groups excluding carboxylic acids is 1. The Kier molecular flexibility index (Phi) is 1.85. The smallest absolute Gasteiger partial charge is 0.149 e. The zero-order valence-electron chi connectivity index (χ0n) is 7.40. The van der Waals surface area contributed by atoms with Gasteiger partial charge in [-0.1, -0.05) is 6.08 Å². The fourth-order valence-corrected chi connectivity index (χ4v) is 1.37. The molecule has 0 unspecified atom stereocenters. The second-order valence-electron chi connectivity index (χ2n) is 3.03. The third kappa shape index (κ3) is 1.33. The molecule has 0 N–H and O–H groups in total. The van der Waals surface area contributed by atoms with Crippen molar-refractivity contribution in [3.05, 3.63) is 35.7 Å². The zero-order chi connectivity index (χ0) is 9.26. The van der Waals surface area contributed by atoms with Gasteiger partial charge in [0, 0.05) is 17.5 Å². The minimum Gasteiger partial charge on any atom is -0.328 e. The van der Waals surface area contributed by atoms with Crippen molar-refractivity contribution in [2.75, 3.05) is 6.54 Å². The van der Waals surface area contributed by atoms with Gasteiger partial charge in [-0.25, -0.2) is 4.99 Å². The Morgan fingerprint density at radius 3 is 3.15 bits per heavy atom. The summed E-state index contributed by atoms with van der Waals surface area (Å²) < 4.78 is 0. The molecular formula is C10H10N2O. The van der Waals surface area contributed by atoms with E-state index >= 15 is 0 Å². The molecular weight excluding hydrogens is 164 g/mol. The van der Waals surface area contributed by atoms with Gasteiger partial charge >= 0.3 is 0 Å². The first kappa shape index (κ1) is 7.98. The summed E-state index contributed by atoms with van der Waals surface area (Å²) in [6, 6.07) is 0. The average Bonchev–Trinajstić information content (AvgIpc) is 2.17. The van der Waals surface area contributed by atoms with E-state index in [1.54, 1.807) is 0 Å². The molecule has 0 aromatic heterocycles. The van der Waals surface area contributed by atoms with E-state index in [0.717, 1.165) is 23.4 Å². The number of rotatable bonds is 1. The van der Waals surface area contributed by atoms with Crippen LogP contribution in [-0.4, -0.2) is 23.6 Å². The molecule has 0 aliphatic carbocycles. The number of aliphatic imine (C=N–C) groups is 1. The average molecular weight is 174 g/mol. The Morgan fingerprint density at radius 2 is 2.38 bits per heavy atom. The zero-order valence-corrected chi connectivity index (χ0v) is 7.40. The number of fused-ring (bicyclic) bond motifs is 1. The molecule has 2 rings (SSSR count). The normalized spacial score (nSPS) is 20.1. The number of carbonyl (C=O) groups is 1. The van der Waals surface area contributed by atoms with Crippen LogP contribution < -0.4 is 0 Å². The van der Waals surface area contributed by atoms with E-state index in [-0.39, 0.29) is 0 Å². The lowest BCUT2D eigenvalue weighted by molar-refractivity contribution is -0.105. The summed E-state index contributed by atoms with van der Waals surface area (Å²) >= 11 is 0. The second-order valence-corrected chi connectivity index (χ2v) is 3.03. The predicted molar refractivity (Wildman–Crippen MR) is 51.2 cm³/mol. The van der Waals surface area contributed by atoms with Crippen LogP contribution in [0, 0.1) is 0 Å². The SMILES string of the molecule is CC1=C(C=O)CN2C=CC=CC2=N1. The van der Waals surface area contributed by atoms with E-state index in [4.69, 9.17) is 0 Å². The second kappa shape index (κ2) is 3.01. The van der Waals surface area contributed by atoms with E-state index in [2.05, 4.69) is 4.99 Å². The Hall–Kier alpha value is -1.64. The molecule has 0 spiro atoms. The van der Waals surface area contributed by atoms with Gasteiger partial charge < -0.3 is 4.90 Å². The molecule has 0 aromatic rings. The molecule has 2 aliphatic rings. The van der Waals surface area contributed by atoms with Crippen LogP contribution in [0.15, 0.2) is 40.7 Å². The largest absolute Gasteiger partial charge is 0.328 e. The Morgan fingerprint density at radius 1 is 1.54 bits per heavy atom. The molecule has 0 amide bonds. The number of amidine groups is 1. The molecule has 0 fully saturated rings. The Bertz CT molecular complexity index is 361. The molecule has 3 heteroatoms. The fraction of sp³-hybridized carbons (Fsp3) is 0.200. The summed E-state index contributed by atoms with van der Waals surface area (Å²) in [6.07, 6.45) is 8.61. The van der Waals surface area contributed by atoms with Crippen molar-refractivity contribution < 1.29 is 4.79 Å². The summed E-state index contributed by atoms with van der Waals surface area (Å²) in [5.41, 5.74) is 1.57. The van der Waals surface area contributed by atoms with Crippen molar-refractivity contribution in [1.29, 1.82) is 0 Å². The topological polar surface area (TPSA) is 32.7 Å². The molecule has 0 aromatic carbocycles. The number of allylic oxidation sites excluding steroid dienone is 3. The molecule has 0 saturated carbocycles. The number of aldehydes is 1. The van der Waals surface area contributed by atoms with Crippen LogP contribution in [0.4, 0.5) is 0 Å². The molecule has 0 atom stereocenters. The lowest BCUT2D eigenvalue weighted by Gasteiger charge is -2.26. The standard InChI is InChI=1S/C10H10N2O/c1-8-9(7-13)6-12-5-3-2-4-10(12)11-8/h2-5,7H,6H2,1H3. The van der Waals surface area contributed by atoms with E-state index < -0.39 is 0 Å². The number of hydrogen-bond donors (Lipinski definition) is 0. The van der Waals surface area contributed by atoms with Gasteiger partial charge in [-0.3, -0.25) is 4.79 Å². The van der Waals surface area contributed by atoms with Crippen LogP contribution in [-0.2, 0) is 4.79 Å². The molecule has 3 nitrogen and oxygen atoms in total. The van der Waals surface area contributed by atoms with Crippen molar-refractivity contribution >= 4 is 12.1 Å². The van der Waals surface area contributed by atoms with Crippen molar-refractivity contribution in [1.82, 2.24) is 4.90 Å². The molecule has 13 heavy (non-hydrogen) atoms. The van der Waals surface area contributed by atoms with Gasteiger partial charge in [0.05, 0.1) is 6.54 Å². The first-order chi connectivity index (χ1) is 6.31. The molecule has 66 valence electrons. The van der Waals surface area contributed by atoms with Gasteiger partial charge in [0.2, 0.25) is 0 Å². The van der Waals surface area contributed by atoms with Crippen molar-refractivity contribution in [3.8, 4) is 0 Å². The van der Waals surface area contributed by atoms with Crippen molar-refractivity contribution in [2.24, 2.45) is 4.99 Å². The highest BCUT2D eigenvalue weighted by Crippen LogP contribution is 2.16. The van der Waals surface area contributed by atoms with Crippen LogP contribution in [0.5, 0.6) is 0 Å². The van der Waals surface area contributed by atoms with Gasteiger partial charge in [-0.15, -0.1) is 0 Å². The number of nitrogens with zero attached hydrogens (tertiary/aromatic N) is 2. The molecule has 2 heterocycles. The lowest BCUT2D eigenvalue weighted by atomic mass is 10.1. The minimum absolute atomic E-state index is 0.634. The van der Waals surface area contributed by atoms with E-state index in [1.807, 2.05) is 36.3 Å². The monoisotopic (exact) mass is 174 g/mol. The van der Waals surface area contributed by atoms with E-state index in [0.29, 0.717) is 6.54 Å². The lowest BCUT2D eigenvalue weighted by Crippen LogP contribution is -2.31. The fourth-order valence-electron chi connectivity index (χ4n) is 1.37. The summed E-state index contributed by atoms with van der Waals surface area (Å²) in [7, 11) is 0. The van der Waals surface area contributed by atoms with Crippen molar-refractivity contribution in [2.45, 2.75) is 6.92 Å². The summed E-state index contributed by atoms with van der Waals surface area (Å²) in [6.45, 7) is 2.50. The third-order valence-corrected chi connectivity index (χ3v) is 2.15.